The Morgan fingerprint density at radius 2 is 2.19 bits per heavy atom. The third-order valence-electron chi connectivity index (χ3n) is 2.98. The molecule has 110 valence electrons. The van der Waals surface area contributed by atoms with E-state index in [1.807, 2.05) is 25.1 Å². The molecule has 1 heterocycles. The van der Waals surface area contributed by atoms with Crippen LogP contribution in [0.15, 0.2) is 42.6 Å². The number of rotatable bonds is 5. The van der Waals surface area contributed by atoms with Crippen LogP contribution >= 0.6 is 11.6 Å². The van der Waals surface area contributed by atoms with E-state index >= 15 is 0 Å². The number of aromatic nitrogens is 1. The van der Waals surface area contributed by atoms with E-state index in [-0.39, 0.29) is 5.91 Å². The van der Waals surface area contributed by atoms with Crippen LogP contribution in [0.5, 0.6) is 5.75 Å². The van der Waals surface area contributed by atoms with Gasteiger partial charge in [0.15, 0.2) is 6.10 Å². The minimum Gasteiger partial charge on any atom is -0.481 e. The predicted molar refractivity (Wildman–Crippen MR) is 82.4 cm³/mol. The van der Waals surface area contributed by atoms with Crippen molar-refractivity contribution in [2.45, 2.75) is 26.5 Å². The Morgan fingerprint density at radius 3 is 2.86 bits per heavy atom. The molecule has 1 unspecified atom stereocenters. The number of ether oxygens (including phenoxy) is 1. The van der Waals surface area contributed by atoms with Gasteiger partial charge in [-0.05, 0) is 49.7 Å². The maximum atomic E-state index is 12.0. The molecule has 0 aliphatic rings. The van der Waals surface area contributed by atoms with E-state index in [1.165, 1.54) is 0 Å². The molecule has 4 nitrogen and oxygen atoms in total. The van der Waals surface area contributed by atoms with Gasteiger partial charge in [-0.3, -0.25) is 9.78 Å². The number of hydrogen-bond acceptors (Lipinski definition) is 3. The van der Waals surface area contributed by atoms with E-state index in [9.17, 15) is 4.79 Å². The number of halogens is 1. The van der Waals surface area contributed by atoms with Crippen LogP contribution in [0, 0.1) is 6.92 Å². The number of benzene rings is 1. The quantitative estimate of drug-likeness (QED) is 0.923. The molecule has 5 heteroatoms. The van der Waals surface area contributed by atoms with Gasteiger partial charge in [-0.25, -0.2) is 0 Å². The highest BCUT2D eigenvalue weighted by molar-refractivity contribution is 6.30. The van der Waals surface area contributed by atoms with E-state index in [1.54, 1.807) is 31.3 Å². The van der Waals surface area contributed by atoms with Gasteiger partial charge in [-0.15, -0.1) is 0 Å². The number of aryl methyl sites for hydroxylation is 1. The van der Waals surface area contributed by atoms with Gasteiger partial charge >= 0.3 is 0 Å². The van der Waals surface area contributed by atoms with Crippen molar-refractivity contribution in [1.29, 1.82) is 0 Å². The zero-order chi connectivity index (χ0) is 15.2. The van der Waals surface area contributed by atoms with E-state index in [4.69, 9.17) is 16.3 Å². The second-order valence-electron chi connectivity index (χ2n) is 4.71. The van der Waals surface area contributed by atoms with Crippen LogP contribution in [-0.2, 0) is 11.3 Å². The summed E-state index contributed by atoms with van der Waals surface area (Å²) in [7, 11) is 0. The smallest absolute Gasteiger partial charge is 0.261 e. The molecule has 0 fully saturated rings. The fraction of sp³-hybridized carbons (Fsp3) is 0.250. The normalized spacial score (nSPS) is 11.8. The minimum absolute atomic E-state index is 0.185. The molecule has 1 aromatic heterocycles. The van der Waals surface area contributed by atoms with Gasteiger partial charge in [0, 0.05) is 11.2 Å². The Morgan fingerprint density at radius 1 is 1.38 bits per heavy atom. The van der Waals surface area contributed by atoms with Gasteiger partial charge < -0.3 is 10.1 Å². The highest BCUT2D eigenvalue weighted by Gasteiger charge is 2.15. The lowest BCUT2D eigenvalue weighted by molar-refractivity contribution is -0.127. The second kappa shape index (κ2) is 7.09. The number of nitrogens with zero attached hydrogens (tertiary/aromatic N) is 1. The fourth-order valence-electron chi connectivity index (χ4n) is 1.81. The van der Waals surface area contributed by atoms with Crippen LogP contribution < -0.4 is 10.1 Å². The molecule has 0 saturated heterocycles. The summed E-state index contributed by atoms with van der Waals surface area (Å²) in [5.74, 6) is 0.467. The molecule has 2 rings (SSSR count). The average molecular weight is 305 g/mol. The number of amides is 1. The summed E-state index contributed by atoms with van der Waals surface area (Å²) in [4.78, 5) is 16.2. The molecule has 21 heavy (non-hydrogen) atoms. The summed E-state index contributed by atoms with van der Waals surface area (Å²) in [6, 6.07) is 10.9. The van der Waals surface area contributed by atoms with Crippen LogP contribution in [-0.4, -0.2) is 17.0 Å². The Labute approximate surface area is 129 Å². The average Bonchev–Trinajstić information content (AvgIpc) is 2.48. The number of pyridine rings is 1. The Hall–Kier alpha value is -2.07. The molecule has 0 aliphatic carbocycles. The maximum absolute atomic E-state index is 12.0. The van der Waals surface area contributed by atoms with Gasteiger partial charge in [0.2, 0.25) is 0 Å². The molecular formula is C16H17ClN2O2. The molecule has 0 saturated carbocycles. The van der Waals surface area contributed by atoms with Crippen LogP contribution in [0.3, 0.4) is 0 Å². The lowest BCUT2D eigenvalue weighted by Gasteiger charge is -2.16. The Bertz CT molecular complexity index is 617. The molecule has 2 aromatic rings. The molecule has 1 atom stereocenters. The first-order chi connectivity index (χ1) is 10.1. The second-order valence-corrected chi connectivity index (χ2v) is 5.15. The minimum atomic E-state index is -0.589. The van der Waals surface area contributed by atoms with E-state index in [0.717, 1.165) is 11.3 Å². The Kier molecular flexibility index (Phi) is 5.17. The lowest BCUT2D eigenvalue weighted by Crippen LogP contribution is -2.36. The summed E-state index contributed by atoms with van der Waals surface area (Å²) in [6.07, 6.45) is 1.10. The zero-order valence-electron chi connectivity index (χ0n) is 12.0. The monoisotopic (exact) mass is 304 g/mol. The topological polar surface area (TPSA) is 51.2 Å². The SMILES string of the molecule is Cc1cc(Cl)ccc1OC(C)C(=O)NCc1ccccn1. The van der Waals surface area contributed by atoms with Crippen LogP contribution in [0.1, 0.15) is 18.2 Å². The van der Waals surface area contributed by atoms with Crippen LogP contribution in [0.2, 0.25) is 5.02 Å². The molecule has 1 amide bonds. The van der Waals surface area contributed by atoms with E-state index in [0.29, 0.717) is 17.3 Å². The molecule has 0 aliphatic heterocycles. The van der Waals surface area contributed by atoms with Crippen molar-refractivity contribution in [1.82, 2.24) is 10.3 Å². The van der Waals surface area contributed by atoms with Gasteiger partial charge in [0.05, 0.1) is 12.2 Å². The summed E-state index contributed by atoms with van der Waals surface area (Å²) in [5.41, 5.74) is 1.70. The van der Waals surface area contributed by atoms with Crippen molar-refractivity contribution >= 4 is 17.5 Å². The summed E-state index contributed by atoms with van der Waals surface area (Å²) >= 11 is 5.89. The van der Waals surface area contributed by atoms with Gasteiger partial charge in [-0.2, -0.15) is 0 Å². The highest BCUT2D eigenvalue weighted by Crippen LogP contribution is 2.22. The predicted octanol–water partition coefficient (Wildman–Crippen LogP) is 3.13. The standard InChI is InChI=1S/C16H17ClN2O2/c1-11-9-13(17)6-7-15(11)21-12(2)16(20)19-10-14-5-3-4-8-18-14/h3-9,12H,10H2,1-2H3,(H,19,20). The van der Waals surface area contributed by atoms with E-state index < -0.39 is 6.10 Å². The van der Waals surface area contributed by atoms with Crippen LogP contribution in [0.4, 0.5) is 0 Å². The van der Waals surface area contributed by atoms with Gasteiger partial charge in [0.1, 0.15) is 5.75 Å². The number of carbonyl (C=O) groups is 1. The lowest BCUT2D eigenvalue weighted by atomic mass is 10.2. The first-order valence-electron chi connectivity index (χ1n) is 6.66. The first-order valence-corrected chi connectivity index (χ1v) is 7.04. The largest absolute Gasteiger partial charge is 0.481 e. The third kappa shape index (κ3) is 4.46. The molecule has 0 spiro atoms. The van der Waals surface area contributed by atoms with Gasteiger partial charge in [-0.1, -0.05) is 17.7 Å². The molecular weight excluding hydrogens is 288 g/mol. The van der Waals surface area contributed by atoms with Crippen molar-refractivity contribution in [3.05, 3.63) is 58.9 Å². The molecule has 1 N–H and O–H groups in total. The third-order valence-corrected chi connectivity index (χ3v) is 3.21. The molecule has 0 radical (unpaired) electrons. The number of hydrogen-bond donors (Lipinski definition) is 1. The van der Waals surface area contributed by atoms with Crippen molar-refractivity contribution in [3.8, 4) is 5.75 Å². The highest BCUT2D eigenvalue weighted by atomic mass is 35.5. The summed E-state index contributed by atoms with van der Waals surface area (Å²) < 4.78 is 5.66. The summed E-state index contributed by atoms with van der Waals surface area (Å²) in [6.45, 7) is 3.98. The Balaban J connectivity index is 1.90. The van der Waals surface area contributed by atoms with Crippen molar-refractivity contribution in [2.75, 3.05) is 0 Å². The number of carbonyl (C=O) groups excluding carboxylic acids is 1. The molecule has 1 aromatic carbocycles. The van der Waals surface area contributed by atoms with Crippen LogP contribution in [0.25, 0.3) is 0 Å². The van der Waals surface area contributed by atoms with Gasteiger partial charge in [0.25, 0.3) is 5.91 Å². The van der Waals surface area contributed by atoms with Crippen molar-refractivity contribution in [2.24, 2.45) is 0 Å². The number of nitrogens with one attached hydrogen (secondary N) is 1. The molecule has 0 bridgehead atoms. The first kappa shape index (κ1) is 15.3. The summed E-state index contributed by atoms with van der Waals surface area (Å²) in [5, 5.41) is 3.44. The van der Waals surface area contributed by atoms with Crippen molar-refractivity contribution in [3.63, 3.8) is 0 Å². The van der Waals surface area contributed by atoms with Crippen molar-refractivity contribution < 1.29 is 9.53 Å². The van der Waals surface area contributed by atoms with E-state index in [2.05, 4.69) is 10.3 Å². The zero-order valence-corrected chi connectivity index (χ0v) is 12.7. The fourth-order valence-corrected chi connectivity index (χ4v) is 2.04. The maximum Gasteiger partial charge on any atom is 0.261 e.